The van der Waals surface area contributed by atoms with E-state index in [1.54, 1.807) is 4.90 Å². The second-order valence-electron chi connectivity index (χ2n) is 7.30. The zero-order chi connectivity index (χ0) is 19.9. The monoisotopic (exact) mass is 388 g/mol. The van der Waals surface area contributed by atoms with E-state index >= 15 is 0 Å². The zero-order valence-corrected chi connectivity index (χ0v) is 15.1. The highest BCUT2D eigenvalue weighted by Crippen LogP contribution is 2.49. The molecular weight excluding hydrogens is 369 g/mol. The number of para-hydroxylation sites is 1. The van der Waals surface area contributed by atoms with Crippen LogP contribution in [0.4, 0.5) is 24.5 Å². The Morgan fingerprint density at radius 3 is 2.50 bits per heavy atom. The highest BCUT2D eigenvalue weighted by molar-refractivity contribution is 6.18. The summed E-state index contributed by atoms with van der Waals surface area (Å²) >= 11 is 0. The Balaban J connectivity index is 1.55. The van der Waals surface area contributed by atoms with E-state index in [0.717, 1.165) is 36.2 Å². The second-order valence-corrected chi connectivity index (χ2v) is 7.30. The third kappa shape index (κ3) is 3.25. The van der Waals surface area contributed by atoms with E-state index < -0.39 is 23.1 Å². The minimum Gasteiger partial charge on any atom is -0.325 e. The van der Waals surface area contributed by atoms with Gasteiger partial charge in [-0.1, -0.05) is 24.3 Å². The molecule has 0 bridgehead atoms. The molecule has 2 aromatic rings. The number of rotatable bonds is 3. The van der Waals surface area contributed by atoms with Crippen molar-refractivity contribution in [3.8, 4) is 0 Å². The van der Waals surface area contributed by atoms with Gasteiger partial charge >= 0.3 is 6.18 Å². The van der Waals surface area contributed by atoms with Crippen LogP contribution in [-0.2, 0) is 22.2 Å². The molecule has 2 amide bonds. The molecule has 7 heteroatoms. The molecule has 1 aliphatic carbocycles. The van der Waals surface area contributed by atoms with Crippen molar-refractivity contribution in [3.05, 3.63) is 59.7 Å². The topological polar surface area (TPSA) is 49.4 Å². The Kier molecular flexibility index (Phi) is 4.40. The average molecular weight is 388 g/mol. The van der Waals surface area contributed by atoms with Crippen molar-refractivity contribution in [2.24, 2.45) is 5.41 Å². The summed E-state index contributed by atoms with van der Waals surface area (Å²) in [6.45, 7) is 0.536. The Bertz CT molecular complexity index is 935. The van der Waals surface area contributed by atoms with Gasteiger partial charge in [0.05, 0.1) is 5.56 Å². The van der Waals surface area contributed by atoms with Crippen molar-refractivity contribution in [1.82, 2.24) is 0 Å². The number of amides is 2. The van der Waals surface area contributed by atoms with Gasteiger partial charge in [-0.25, -0.2) is 0 Å². The minimum atomic E-state index is -4.49. The molecule has 1 aliphatic heterocycles. The number of carbonyl (C=O) groups is 2. The van der Waals surface area contributed by atoms with E-state index in [9.17, 15) is 22.8 Å². The number of nitrogens with one attached hydrogen (secondary N) is 1. The standard InChI is InChI=1S/C21H19F3N2O2/c22-21(23,24)15-7-3-8-16(13-15)25-18(27)20(10-11-20)19(28)26-12-4-6-14-5-1-2-9-17(14)26/h1-3,5,7-9,13H,4,6,10-12H2,(H,25,27). The lowest BCUT2D eigenvalue weighted by atomic mass is 9.97. The molecule has 1 saturated carbocycles. The maximum absolute atomic E-state index is 13.2. The molecule has 146 valence electrons. The van der Waals surface area contributed by atoms with E-state index in [1.807, 2.05) is 24.3 Å². The molecule has 1 fully saturated rings. The van der Waals surface area contributed by atoms with Crippen LogP contribution >= 0.6 is 0 Å². The third-order valence-electron chi connectivity index (χ3n) is 5.40. The molecule has 4 nitrogen and oxygen atoms in total. The molecule has 1 heterocycles. The van der Waals surface area contributed by atoms with Gasteiger partial charge in [0.25, 0.3) is 0 Å². The summed E-state index contributed by atoms with van der Waals surface area (Å²) < 4.78 is 38.7. The van der Waals surface area contributed by atoms with Crippen LogP contribution in [0.25, 0.3) is 0 Å². The Hall–Kier alpha value is -2.83. The number of nitrogens with zero attached hydrogens (tertiary/aromatic N) is 1. The van der Waals surface area contributed by atoms with Crippen molar-refractivity contribution in [3.63, 3.8) is 0 Å². The number of fused-ring (bicyclic) bond motifs is 1. The first kappa shape index (κ1) is 18.5. The molecule has 0 radical (unpaired) electrons. The average Bonchev–Trinajstić information content (AvgIpc) is 3.49. The summed E-state index contributed by atoms with van der Waals surface area (Å²) in [4.78, 5) is 27.7. The summed E-state index contributed by atoms with van der Waals surface area (Å²) in [6, 6.07) is 12.1. The van der Waals surface area contributed by atoms with Gasteiger partial charge in [0, 0.05) is 17.9 Å². The van der Waals surface area contributed by atoms with Gasteiger partial charge in [-0.3, -0.25) is 9.59 Å². The number of hydrogen-bond donors (Lipinski definition) is 1. The fourth-order valence-corrected chi connectivity index (χ4v) is 3.69. The number of aryl methyl sites for hydroxylation is 1. The van der Waals surface area contributed by atoms with Crippen LogP contribution in [0.5, 0.6) is 0 Å². The molecule has 4 rings (SSSR count). The Labute approximate surface area is 160 Å². The molecular formula is C21H19F3N2O2. The molecule has 1 N–H and O–H groups in total. The summed E-state index contributed by atoms with van der Waals surface area (Å²) in [5, 5.41) is 2.51. The molecule has 2 aromatic carbocycles. The summed E-state index contributed by atoms with van der Waals surface area (Å²) in [5.41, 5.74) is -0.115. The van der Waals surface area contributed by atoms with Crippen molar-refractivity contribution >= 4 is 23.2 Å². The predicted octanol–water partition coefficient (Wildman–Crippen LogP) is 4.40. The van der Waals surface area contributed by atoms with Gasteiger partial charge in [0.15, 0.2) is 0 Å². The van der Waals surface area contributed by atoms with Crippen LogP contribution in [0, 0.1) is 5.41 Å². The number of hydrogen-bond acceptors (Lipinski definition) is 2. The SMILES string of the molecule is O=C(Nc1cccc(C(F)(F)F)c1)C1(C(=O)N2CCCc3ccccc32)CC1. The number of halogens is 3. The fraction of sp³-hybridized carbons (Fsp3) is 0.333. The van der Waals surface area contributed by atoms with Crippen LogP contribution in [0.15, 0.2) is 48.5 Å². The number of benzene rings is 2. The largest absolute Gasteiger partial charge is 0.416 e. The summed E-state index contributed by atoms with van der Waals surface area (Å²) in [5.74, 6) is -0.816. The molecule has 0 unspecified atom stereocenters. The van der Waals surface area contributed by atoms with Crippen LogP contribution in [0.1, 0.15) is 30.4 Å². The summed E-state index contributed by atoms with van der Waals surface area (Å²) in [7, 11) is 0. The Morgan fingerprint density at radius 1 is 1.04 bits per heavy atom. The molecule has 0 saturated heterocycles. The van der Waals surface area contributed by atoms with Crippen LogP contribution in [-0.4, -0.2) is 18.4 Å². The van der Waals surface area contributed by atoms with Crippen molar-refractivity contribution in [2.75, 3.05) is 16.8 Å². The number of anilines is 2. The van der Waals surface area contributed by atoms with E-state index in [-0.39, 0.29) is 11.6 Å². The third-order valence-corrected chi connectivity index (χ3v) is 5.40. The molecule has 28 heavy (non-hydrogen) atoms. The zero-order valence-electron chi connectivity index (χ0n) is 15.1. The smallest absolute Gasteiger partial charge is 0.325 e. The van der Waals surface area contributed by atoms with Crippen molar-refractivity contribution in [2.45, 2.75) is 31.9 Å². The van der Waals surface area contributed by atoms with E-state index in [4.69, 9.17) is 0 Å². The lowest BCUT2D eigenvalue weighted by Gasteiger charge is -2.32. The number of alkyl halides is 3. The van der Waals surface area contributed by atoms with Crippen LogP contribution < -0.4 is 10.2 Å². The maximum atomic E-state index is 13.2. The quantitative estimate of drug-likeness (QED) is 0.793. The molecule has 0 spiro atoms. The van der Waals surface area contributed by atoms with Crippen LogP contribution in [0.2, 0.25) is 0 Å². The molecule has 2 aliphatic rings. The maximum Gasteiger partial charge on any atom is 0.416 e. The lowest BCUT2D eigenvalue weighted by Crippen LogP contribution is -2.45. The highest BCUT2D eigenvalue weighted by Gasteiger charge is 2.58. The van der Waals surface area contributed by atoms with Gasteiger partial charge in [-0.05, 0) is 55.5 Å². The fourth-order valence-electron chi connectivity index (χ4n) is 3.69. The van der Waals surface area contributed by atoms with E-state index in [1.165, 1.54) is 12.1 Å². The van der Waals surface area contributed by atoms with Crippen molar-refractivity contribution < 1.29 is 22.8 Å². The molecule has 0 atom stereocenters. The number of carbonyl (C=O) groups excluding carboxylic acids is 2. The summed E-state index contributed by atoms with van der Waals surface area (Å²) in [6.07, 6.45) is -2.01. The second kappa shape index (κ2) is 6.65. The van der Waals surface area contributed by atoms with Gasteiger partial charge in [-0.2, -0.15) is 13.2 Å². The van der Waals surface area contributed by atoms with E-state index in [0.29, 0.717) is 19.4 Å². The first-order valence-electron chi connectivity index (χ1n) is 9.20. The van der Waals surface area contributed by atoms with Gasteiger partial charge < -0.3 is 10.2 Å². The lowest BCUT2D eigenvalue weighted by molar-refractivity contribution is -0.138. The normalized spacial score (nSPS) is 17.6. The first-order valence-corrected chi connectivity index (χ1v) is 9.20. The highest BCUT2D eigenvalue weighted by atomic mass is 19.4. The predicted molar refractivity (Wildman–Crippen MR) is 98.9 cm³/mol. The molecule has 0 aromatic heterocycles. The van der Waals surface area contributed by atoms with E-state index in [2.05, 4.69) is 5.32 Å². The Morgan fingerprint density at radius 2 is 1.79 bits per heavy atom. The first-order chi connectivity index (χ1) is 13.3. The van der Waals surface area contributed by atoms with Gasteiger partial charge in [-0.15, -0.1) is 0 Å². The van der Waals surface area contributed by atoms with Crippen molar-refractivity contribution in [1.29, 1.82) is 0 Å². The van der Waals surface area contributed by atoms with Gasteiger partial charge in [0.2, 0.25) is 11.8 Å². The minimum absolute atomic E-state index is 0.0398. The van der Waals surface area contributed by atoms with Gasteiger partial charge in [0.1, 0.15) is 5.41 Å². The van der Waals surface area contributed by atoms with Crippen LogP contribution in [0.3, 0.4) is 0 Å².